The van der Waals surface area contributed by atoms with Gasteiger partial charge in [-0.2, -0.15) is 0 Å². The minimum atomic E-state index is -0.699. The SMILES string of the molecule is C=C[C@H]1OC(C)(C)O[C@H]1Cn1ccc(=O)[nH]c1=O. The zero-order valence-electron chi connectivity index (χ0n) is 10.4. The molecule has 6 heteroatoms. The van der Waals surface area contributed by atoms with Crippen molar-refractivity contribution in [1.82, 2.24) is 9.55 Å². The molecule has 0 amide bonds. The van der Waals surface area contributed by atoms with Crippen LogP contribution in [0.4, 0.5) is 0 Å². The highest BCUT2D eigenvalue weighted by Gasteiger charge is 2.39. The third-order valence-electron chi connectivity index (χ3n) is 2.73. The van der Waals surface area contributed by atoms with E-state index >= 15 is 0 Å². The number of nitrogens with zero attached hydrogens (tertiary/aromatic N) is 1. The quantitative estimate of drug-likeness (QED) is 0.782. The van der Waals surface area contributed by atoms with Gasteiger partial charge in [0, 0.05) is 12.3 Å². The monoisotopic (exact) mass is 252 g/mol. The van der Waals surface area contributed by atoms with Crippen LogP contribution < -0.4 is 11.2 Å². The molecule has 1 aromatic heterocycles. The first kappa shape index (κ1) is 12.8. The lowest BCUT2D eigenvalue weighted by Gasteiger charge is -2.17. The minimum absolute atomic E-state index is 0.279. The van der Waals surface area contributed by atoms with Gasteiger partial charge >= 0.3 is 5.69 Å². The summed E-state index contributed by atoms with van der Waals surface area (Å²) < 4.78 is 12.7. The van der Waals surface area contributed by atoms with Crippen molar-refractivity contribution in [3.05, 3.63) is 45.8 Å². The van der Waals surface area contributed by atoms with Crippen LogP contribution in [0.5, 0.6) is 0 Å². The van der Waals surface area contributed by atoms with E-state index in [0.29, 0.717) is 6.54 Å². The molecule has 2 heterocycles. The molecule has 0 aromatic carbocycles. The third kappa shape index (κ3) is 2.60. The molecular weight excluding hydrogens is 236 g/mol. The van der Waals surface area contributed by atoms with Crippen molar-refractivity contribution in [3.8, 4) is 0 Å². The van der Waals surface area contributed by atoms with Gasteiger partial charge in [0.25, 0.3) is 5.56 Å². The maximum atomic E-state index is 11.6. The third-order valence-corrected chi connectivity index (χ3v) is 2.73. The molecule has 18 heavy (non-hydrogen) atoms. The second-order valence-corrected chi connectivity index (χ2v) is 4.64. The molecule has 2 atom stereocenters. The zero-order valence-corrected chi connectivity index (χ0v) is 10.4. The summed E-state index contributed by atoms with van der Waals surface area (Å²) in [4.78, 5) is 24.7. The van der Waals surface area contributed by atoms with Gasteiger partial charge in [-0.25, -0.2) is 4.79 Å². The summed E-state index contributed by atoms with van der Waals surface area (Å²) in [6.07, 6.45) is 2.51. The van der Waals surface area contributed by atoms with Gasteiger partial charge in [0.2, 0.25) is 0 Å². The number of nitrogens with one attached hydrogen (secondary N) is 1. The lowest BCUT2D eigenvalue weighted by atomic mass is 10.2. The minimum Gasteiger partial charge on any atom is -0.342 e. The summed E-state index contributed by atoms with van der Waals surface area (Å²) in [6, 6.07) is 1.30. The van der Waals surface area contributed by atoms with E-state index in [1.54, 1.807) is 19.9 Å². The first-order valence-electron chi connectivity index (χ1n) is 5.69. The number of ether oxygens (including phenoxy) is 2. The van der Waals surface area contributed by atoms with Crippen molar-refractivity contribution in [2.24, 2.45) is 0 Å². The molecule has 2 rings (SSSR count). The van der Waals surface area contributed by atoms with E-state index in [-0.39, 0.29) is 12.2 Å². The van der Waals surface area contributed by atoms with Crippen LogP contribution in [-0.4, -0.2) is 27.5 Å². The Kier molecular flexibility index (Phi) is 3.23. The summed E-state index contributed by atoms with van der Waals surface area (Å²) >= 11 is 0. The fraction of sp³-hybridized carbons (Fsp3) is 0.500. The molecule has 0 radical (unpaired) electrons. The second-order valence-electron chi connectivity index (χ2n) is 4.64. The smallest absolute Gasteiger partial charge is 0.328 e. The Bertz CT molecular complexity index is 558. The van der Waals surface area contributed by atoms with Crippen molar-refractivity contribution in [2.75, 3.05) is 0 Å². The van der Waals surface area contributed by atoms with Gasteiger partial charge in [-0.1, -0.05) is 6.08 Å². The Morgan fingerprint density at radius 2 is 2.22 bits per heavy atom. The van der Waals surface area contributed by atoms with E-state index in [4.69, 9.17) is 9.47 Å². The normalized spacial score (nSPS) is 26.1. The van der Waals surface area contributed by atoms with Crippen LogP contribution in [0, 0.1) is 0 Å². The van der Waals surface area contributed by atoms with E-state index in [2.05, 4.69) is 11.6 Å². The number of aromatic nitrogens is 2. The van der Waals surface area contributed by atoms with Crippen LogP contribution in [0.1, 0.15) is 13.8 Å². The zero-order chi connectivity index (χ0) is 13.3. The maximum absolute atomic E-state index is 11.6. The van der Waals surface area contributed by atoms with E-state index < -0.39 is 17.0 Å². The first-order chi connectivity index (χ1) is 8.41. The first-order valence-corrected chi connectivity index (χ1v) is 5.69. The average molecular weight is 252 g/mol. The molecule has 1 fully saturated rings. The summed E-state index contributed by atoms with van der Waals surface area (Å²) in [7, 11) is 0. The summed E-state index contributed by atoms with van der Waals surface area (Å²) in [5.74, 6) is -0.699. The molecule has 0 bridgehead atoms. The topological polar surface area (TPSA) is 73.3 Å². The molecule has 0 spiro atoms. The molecule has 1 aliphatic rings. The summed E-state index contributed by atoms with van der Waals surface area (Å²) in [6.45, 7) is 7.60. The van der Waals surface area contributed by atoms with Crippen molar-refractivity contribution in [3.63, 3.8) is 0 Å². The van der Waals surface area contributed by atoms with Crippen LogP contribution in [-0.2, 0) is 16.0 Å². The molecule has 0 aliphatic carbocycles. The number of hydrogen-bond donors (Lipinski definition) is 1. The molecule has 1 aliphatic heterocycles. The number of rotatable bonds is 3. The lowest BCUT2D eigenvalue weighted by Crippen LogP contribution is -2.35. The highest BCUT2D eigenvalue weighted by molar-refractivity contribution is 4.94. The van der Waals surface area contributed by atoms with Gasteiger partial charge in [-0.3, -0.25) is 14.3 Å². The van der Waals surface area contributed by atoms with Crippen molar-refractivity contribution in [2.45, 2.75) is 38.4 Å². The fourth-order valence-electron chi connectivity index (χ4n) is 1.99. The van der Waals surface area contributed by atoms with Crippen LogP contribution in [0.15, 0.2) is 34.5 Å². The Balaban J connectivity index is 2.21. The molecule has 1 N–H and O–H groups in total. The van der Waals surface area contributed by atoms with E-state index in [1.165, 1.54) is 16.8 Å². The van der Waals surface area contributed by atoms with Gasteiger partial charge < -0.3 is 9.47 Å². The molecule has 1 aromatic rings. The predicted molar refractivity (Wildman–Crippen MR) is 65.3 cm³/mol. The Morgan fingerprint density at radius 1 is 1.50 bits per heavy atom. The number of aromatic amines is 1. The highest BCUT2D eigenvalue weighted by Crippen LogP contribution is 2.29. The van der Waals surface area contributed by atoms with Gasteiger partial charge in [-0.15, -0.1) is 6.58 Å². The Hall–Kier alpha value is -1.66. The number of hydrogen-bond acceptors (Lipinski definition) is 4. The van der Waals surface area contributed by atoms with Gasteiger partial charge in [0.15, 0.2) is 5.79 Å². The van der Waals surface area contributed by atoms with Crippen molar-refractivity contribution < 1.29 is 9.47 Å². The van der Waals surface area contributed by atoms with Crippen LogP contribution in [0.3, 0.4) is 0 Å². The standard InChI is InChI=1S/C12H16N2O4/c1-4-8-9(18-12(2,3)17-8)7-14-6-5-10(15)13-11(14)16/h4-6,8-9H,1,7H2,2-3H3,(H,13,15,16)/t8-,9+/m1/s1. The van der Waals surface area contributed by atoms with Gasteiger partial charge in [0.05, 0.1) is 6.54 Å². The van der Waals surface area contributed by atoms with E-state index in [0.717, 1.165) is 0 Å². The lowest BCUT2D eigenvalue weighted by molar-refractivity contribution is -0.144. The highest BCUT2D eigenvalue weighted by atomic mass is 16.7. The van der Waals surface area contributed by atoms with E-state index in [1.807, 2.05) is 0 Å². The van der Waals surface area contributed by atoms with Crippen LogP contribution in [0.2, 0.25) is 0 Å². The predicted octanol–water partition coefficient (Wildman–Crippen LogP) is 0.243. The van der Waals surface area contributed by atoms with Crippen molar-refractivity contribution >= 4 is 0 Å². The molecule has 0 unspecified atom stereocenters. The summed E-state index contributed by atoms with van der Waals surface area (Å²) in [5.41, 5.74) is -0.876. The Morgan fingerprint density at radius 3 is 2.83 bits per heavy atom. The molecule has 6 nitrogen and oxygen atoms in total. The van der Waals surface area contributed by atoms with Gasteiger partial charge in [-0.05, 0) is 13.8 Å². The maximum Gasteiger partial charge on any atom is 0.328 e. The fourth-order valence-corrected chi connectivity index (χ4v) is 1.99. The Labute approximate surface area is 104 Å². The molecule has 0 saturated carbocycles. The molecular formula is C12H16N2O4. The average Bonchev–Trinajstić information content (AvgIpc) is 2.57. The second kappa shape index (κ2) is 4.55. The summed E-state index contributed by atoms with van der Waals surface area (Å²) in [5, 5.41) is 0. The largest absolute Gasteiger partial charge is 0.342 e. The van der Waals surface area contributed by atoms with Crippen molar-refractivity contribution in [1.29, 1.82) is 0 Å². The molecule has 1 saturated heterocycles. The van der Waals surface area contributed by atoms with Crippen LogP contribution in [0.25, 0.3) is 0 Å². The van der Waals surface area contributed by atoms with Gasteiger partial charge in [0.1, 0.15) is 12.2 Å². The number of H-pyrrole nitrogens is 1. The van der Waals surface area contributed by atoms with Crippen LogP contribution >= 0.6 is 0 Å². The van der Waals surface area contributed by atoms with E-state index in [9.17, 15) is 9.59 Å². The molecule has 98 valence electrons.